The van der Waals surface area contributed by atoms with Gasteiger partial charge in [-0.3, -0.25) is 4.79 Å². The highest BCUT2D eigenvalue weighted by Crippen LogP contribution is 2.38. The summed E-state index contributed by atoms with van der Waals surface area (Å²) in [5, 5.41) is -0.230. The number of hydrogen-bond donors (Lipinski definition) is 0. The summed E-state index contributed by atoms with van der Waals surface area (Å²) in [5.74, 6) is -1.00. The van der Waals surface area contributed by atoms with Gasteiger partial charge in [0.05, 0.1) is 11.0 Å². The lowest BCUT2D eigenvalue weighted by molar-refractivity contribution is -0.143. The molecule has 0 fully saturated rings. The third-order valence-electron chi connectivity index (χ3n) is 5.70. The fraction of sp³-hybridized carbons (Fsp3) is 0.320. The molecule has 3 aromatic rings. The van der Waals surface area contributed by atoms with Gasteiger partial charge in [0.25, 0.3) is 5.91 Å². The van der Waals surface area contributed by atoms with E-state index >= 15 is 0 Å². The zero-order chi connectivity index (χ0) is 26.0. The van der Waals surface area contributed by atoms with E-state index in [0.717, 1.165) is 15.5 Å². The van der Waals surface area contributed by atoms with Crippen LogP contribution in [0, 0.1) is 0 Å². The number of halogens is 4. The van der Waals surface area contributed by atoms with Crippen molar-refractivity contribution < 1.29 is 26.4 Å². The lowest BCUT2D eigenvalue weighted by atomic mass is 10.0. The van der Waals surface area contributed by atoms with Crippen LogP contribution in [0.3, 0.4) is 0 Å². The molecule has 188 valence electrons. The van der Waals surface area contributed by atoms with Crippen molar-refractivity contribution in [3.05, 3.63) is 82.6 Å². The van der Waals surface area contributed by atoms with Gasteiger partial charge in [-0.25, -0.2) is 8.42 Å². The molecule has 2 aromatic carbocycles. The van der Waals surface area contributed by atoms with Crippen LogP contribution in [-0.2, 0) is 22.6 Å². The Hall–Kier alpha value is -2.78. The van der Waals surface area contributed by atoms with Gasteiger partial charge < -0.3 is 9.47 Å². The fourth-order valence-electron chi connectivity index (χ4n) is 3.58. The maximum atomic E-state index is 14.1. The molecule has 1 heterocycles. The summed E-state index contributed by atoms with van der Waals surface area (Å²) in [7, 11) is -2.06. The number of alkyl halides is 3. The molecule has 10 heteroatoms. The van der Waals surface area contributed by atoms with E-state index in [1.807, 2.05) is 0 Å². The second kappa shape index (κ2) is 10.5. The molecule has 0 unspecified atom stereocenters. The predicted molar refractivity (Wildman–Crippen MR) is 131 cm³/mol. The van der Waals surface area contributed by atoms with Crippen LogP contribution in [0.1, 0.15) is 35.6 Å². The predicted octanol–water partition coefficient (Wildman–Crippen LogP) is 5.77. The molecule has 3 rings (SSSR count). The van der Waals surface area contributed by atoms with Crippen molar-refractivity contribution in [2.24, 2.45) is 0 Å². The number of benzene rings is 2. The number of aromatic nitrogens is 1. The average molecular weight is 527 g/mol. The third kappa shape index (κ3) is 6.27. The SMILES string of the molecule is CC(C)S(=O)(=O)CCN(C)C(=O)c1c(-c2ccc(Cl)cc2)cc(C(F)(F)F)n1Cc1ccccc1. The van der Waals surface area contributed by atoms with Crippen molar-refractivity contribution in [1.29, 1.82) is 0 Å². The van der Waals surface area contributed by atoms with E-state index in [4.69, 9.17) is 11.6 Å². The number of carbonyl (C=O) groups excluding carboxylic acids is 1. The molecule has 0 N–H and O–H groups in total. The van der Waals surface area contributed by atoms with Crippen LogP contribution in [0.4, 0.5) is 13.2 Å². The summed E-state index contributed by atoms with van der Waals surface area (Å²) in [4.78, 5) is 14.7. The van der Waals surface area contributed by atoms with E-state index in [9.17, 15) is 26.4 Å². The largest absolute Gasteiger partial charge is 0.431 e. The number of hydrogen-bond acceptors (Lipinski definition) is 3. The minimum Gasteiger partial charge on any atom is -0.339 e. The Morgan fingerprint density at radius 2 is 1.66 bits per heavy atom. The van der Waals surface area contributed by atoms with E-state index in [1.165, 1.54) is 33.0 Å². The Labute approximate surface area is 208 Å². The zero-order valence-electron chi connectivity index (χ0n) is 19.5. The summed E-state index contributed by atoms with van der Waals surface area (Å²) in [6.45, 7) is 2.73. The van der Waals surface area contributed by atoms with Gasteiger partial charge in [0.2, 0.25) is 0 Å². The van der Waals surface area contributed by atoms with Gasteiger partial charge in [0.15, 0.2) is 9.84 Å². The number of carbonyl (C=O) groups is 1. The summed E-state index contributed by atoms with van der Waals surface area (Å²) >= 11 is 5.96. The molecule has 0 radical (unpaired) electrons. The maximum absolute atomic E-state index is 14.1. The standard InChI is InChI=1S/C25H26ClF3N2O3S/c1-17(2)35(33,34)14-13-30(3)24(32)23-21(19-9-11-20(26)12-10-19)15-22(25(27,28)29)31(23)16-18-7-5-4-6-8-18/h4-12,15,17H,13-14,16H2,1-3H3. The lowest BCUT2D eigenvalue weighted by Gasteiger charge is -2.22. The molecule has 0 saturated heterocycles. The average Bonchev–Trinajstić information content (AvgIpc) is 3.17. The van der Waals surface area contributed by atoms with E-state index in [2.05, 4.69) is 0 Å². The van der Waals surface area contributed by atoms with Crippen molar-refractivity contribution in [1.82, 2.24) is 9.47 Å². The quantitative estimate of drug-likeness (QED) is 0.374. The number of sulfone groups is 1. The molecule has 35 heavy (non-hydrogen) atoms. The maximum Gasteiger partial charge on any atom is 0.431 e. The number of rotatable bonds is 8. The van der Waals surface area contributed by atoms with Gasteiger partial charge in [-0.2, -0.15) is 13.2 Å². The van der Waals surface area contributed by atoms with Crippen LogP contribution in [0.25, 0.3) is 11.1 Å². The molecular weight excluding hydrogens is 501 g/mol. The molecule has 0 spiro atoms. The number of amides is 1. The van der Waals surface area contributed by atoms with Crippen LogP contribution < -0.4 is 0 Å². The van der Waals surface area contributed by atoms with Crippen LogP contribution in [0.2, 0.25) is 5.02 Å². The highest BCUT2D eigenvalue weighted by atomic mass is 35.5. The first-order chi connectivity index (χ1) is 16.3. The molecule has 1 amide bonds. The van der Waals surface area contributed by atoms with Gasteiger partial charge in [-0.15, -0.1) is 0 Å². The van der Waals surface area contributed by atoms with E-state index in [1.54, 1.807) is 42.5 Å². The van der Waals surface area contributed by atoms with Crippen LogP contribution in [-0.4, -0.2) is 48.4 Å². The van der Waals surface area contributed by atoms with Crippen molar-refractivity contribution >= 4 is 27.3 Å². The van der Waals surface area contributed by atoms with E-state index in [-0.39, 0.29) is 30.1 Å². The zero-order valence-corrected chi connectivity index (χ0v) is 21.1. The van der Waals surface area contributed by atoms with Crippen LogP contribution >= 0.6 is 11.6 Å². The van der Waals surface area contributed by atoms with Crippen LogP contribution in [0.5, 0.6) is 0 Å². The molecule has 5 nitrogen and oxygen atoms in total. The minimum absolute atomic E-state index is 0.0912. The van der Waals surface area contributed by atoms with Crippen molar-refractivity contribution in [3.8, 4) is 11.1 Å². The molecule has 0 aliphatic rings. The number of nitrogens with zero attached hydrogens (tertiary/aromatic N) is 2. The van der Waals surface area contributed by atoms with Crippen LogP contribution in [0.15, 0.2) is 60.7 Å². The van der Waals surface area contributed by atoms with Crippen molar-refractivity contribution in [2.45, 2.75) is 31.8 Å². The van der Waals surface area contributed by atoms with Crippen molar-refractivity contribution in [2.75, 3.05) is 19.3 Å². The summed E-state index contributed by atoms with van der Waals surface area (Å²) in [6.07, 6.45) is -4.73. The summed E-state index contributed by atoms with van der Waals surface area (Å²) < 4.78 is 67.9. The molecule has 0 bridgehead atoms. The van der Waals surface area contributed by atoms with Gasteiger partial charge in [0, 0.05) is 30.7 Å². The summed E-state index contributed by atoms with van der Waals surface area (Å²) in [6, 6.07) is 15.6. The normalized spacial score (nSPS) is 12.2. The molecule has 0 atom stereocenters. The molecule has 0 aliphatic heterocycles. The van der Waals surface area contributed by atoms with Crippen molar-refractivity contribution in [3.63, 3.8) is 0 Å². The molecular formula is C25H26ClF3N2O3S. The first-order valence-corrected chi connectivity index (χ1v) is 13.0. The Morgan fingerprint density at radius 3 is 2.20 bits per heavy atom. The van der Waals surface area contributed by atoms with E-state index in [0.29, 0.717) is 16.1 Å². The third-order valence-corrected chi connectivity index (χ3v) is 8.14. The molecule has 1 aromatic heterocycles. The van der Waals surface area contributed by atoms with Gasteiger partial charge in [-0.1, -0.05) is 54.1 Å². The lowest BCUT2D eigenvalue weighted by Crippen LogP contribution is -2.35. The molecule has 0 saturated carbocycles. The highest BCUT2D eigenvalue weighted by Gasteiger charge is 2.39. The fourth-order valence-corrected chi connectivity index (χ4v) is 4.70. The van der Waals surface area contributed by atoms with Gasteiger partial charge in [0.1, 0.15) is 11.4 Å². The summed E-state index contributed by atoms with van der Waals surface area (Å²) in [5.41, 5.74) is -0.0899. The Morgan fingerprint density at radius 1 is 1.06 bits per heavy atom. The Bertz CT molecular complexity index is 1290. The topological polar surface area (TPSA) is 59.4 Å². The van der Waals surface area contributed by atoms with Gasteiger partial charge in [-0.05, 0) is 43.2 Å². The highest BCUT2D eigenvalue weighted by molar-refractivity contribution is 7.92. The van der Waals surface area contributed by atoms with E-state index < -0.39 is 32.9 Å². The Balaban J connectivity index is 2.15. The first-order valence-electron chi connectivity index (χ1n) is 10.9. The molecule has 0 aliphatic carbocycles. The minimum atomic E-state index is -4.73. The first kappa shape index (κ1) is 26.8. The Kier molecular flexibility index (Phi) is 8.01. The smallest absolute Gasteiger partial charge is 0.339 e. The second-order valence-corrected chi connectivity index (χ2v) is 11.6. The monoisotopic (exact) mass is 526 g/mol. The second-order valence-electron chi connectivity index (χ2n) is 8.51. The van der Waals surface area contributed by atoms with Gasteiger partial charge >= 0.3 is 6.18 Å².